The zero-order valence-electron chi connectivity index (χ0n) is 10.8. The minimum atomic E-state index is -0.0520. The number of hydrogen-bond donors (Lipinski definition) is 1. The third-order valence-corrected chi connectivity index (χ3v) is 3.10. The Bertz CT molecular complexity index is 699. The second kappa shape index (κ2) is 5.59. The van der Waals surface area contributed by atoms with Crippen LogP contribution in [0.5, 0.6) is 0 Å². The Balaban J connectivity index is 2.07. The summed E-state index contributed by atoms with van der Waals surface area (Å²) >= 11 is 0. The average molecular weight is 263 g/mol. The molecule has 3 aromatic heterocycles. The number of hydrogen-bond acceptors (Lipinski definition) is 4. The maximum absolute atomic E-state index is 9.58. The lowest BCUT2D eigenvalue weighted by atomic mass is 10.0. The van der Waals surface area contributed by atoms with E-state index >= 15 is 0 Å². The quantitative estimate of drug-likeness (QED) is 0.789. The van der Waals surface area contributed by atoms with Gasteiger partial charge in [0.05, 0.1) is 12.3 Å². The van der Waals surface area contributed by atoms with Crippen LogP contribution in [0, 0.1) is 0 Å². The van der Waals surface area contributed by atoms with Crippen LogP contribution in [-0.2, 0) is 6.61 Å². The first-order valence-corrected chi connectivity index (χ1v) is 6.29. The molecule has 0 bridgehead atoms. The Morgan fingerprint density at radius 3 is 2.00 bits per heavy atom. The molecule has 0 saturated heterocycles. The van der Waals surface area contributed by atoms with Crippen LogP contribution in [0.3, 0.4) is 0 Å². The number of aliphatic hydroxyl groups is 1. The Hall–Kier alpha value is -2.59. The first kappa shape index (κ1) is 12.4. The number of pyridine rings is 3. The fraction of sp³-hybridized carbons (Fsp3) is 0.0625. The standard InChI is InChI=1S/C16H13N3O/c20-11-15-9-14(12-1-5-17-6-2-12)10-19-16(15)13-3-7-18-8-4-13/h1-10,20H,11H2. The SMILES string of the molecule is OCc1cc(-c2ccncc2)cnc1-c1ccncc1. The van der Waals surface area contributed by atoms with E-state index in [4.69, 9.17) is 0 Å². The molecule has 20 heavy (non-hydrogen) atoms. The topological polar surface area (TPSA) is 58.9 Å². The molecule has 4 nitrogen and oxygen atoms in total. The van der Waals surface area contributed by atoms with Crippen LogP contribution < -0.4 is 0 Å². The third kappa shape index (κ3) is 2.41. The lowest BCUT2D eigenvalue weighted by molar-refractivity contribution is 0.282. The van der Waals surface area contributed by atoms with Crippen molar-refractivity contribution in [3.63, 3.8) is 0 Å². The van der Waals surface area contributed by atoms with Gasteiger partial charge in [-0.05, 0) is 35.9 Å². The van der Waals surface area contributed by atoms with Gasteiger partial charge in [0.25, 0.3) is 0 Å². The molecule has 0 saturated carbocycles. The summed E-state index contributed by atoms with van der Waals surface area (Å²) in [6.45, 7) is -0.0520. The van der Waals surface area contributed by atoms with Crippen molar-refractivity contribution in [1.82, 2.24) is 15.0 Å². The molecule has 0 spiro atoms. The van der Waals surface area contributed by atoms with Crippen LogP contribution >= 0.6 is 0 Å². The van der Waals surface area contributed by atoms with Crippen LogP contribution in [0.15, 0.2) is 61.3 Å². The molecule has 0 atom stereocenters. The van der Waals surface area contributed by atoms with Gasteiger partial charge in [0.2, 0.25) is 0 Å². The van der Waals surface area contributed by atoms with Gasteiger partial charge in [-0.2, -0.15) is 0 Å². The van der Waals surface area contributed by atoms with E-state index in [1.165, 1.54) is 0 Å². The Morgan fingerprint density at radius 2 is 1.40 bits per heavy atom. The minimum absolute atomic E-state index is 0.0520. The minimum Gasteiger partial charge on any atom is -0.392 e. The van der Waals surface area contributed by atoms with E-state index < -0.39 is 0 Å². The highest BCUT2D eigenvalue weighted by Crippen LogP contribution is 2.26. The zero-order chi connectivity index (χ0) is 13.8. The van der Waals surface area contributed by atoms with E-state index in [2.05, 4.69) is 15.0 Å². The van der Waals surface area contributed by atoms with Gasteiger partial charge < -0.3 is 5.11 Å². The van der Waals surface area contributed by atoms with Crippen LogP contribution in [0.25, 0.3) is 22.4 Å². The molecular weight excluding hydrogens is 250 g/mol. The molecule has 0 aliphatic heterocycles. The molecule has 0 aromatic carbocycles. The molecule has 3 rings (SSSR count). The van der Waals surface area contributed by atoms with Crippen LogP contribution in [0.4, 0.5) is 0 Å². The van der Waals surface area contributed by atoms with Crippen molar-refractivity contribution >= 4 is 0 Å². The third-order valence-electron chi connectivity index (χ3n) is 3.10. The lowest BCUT2D eigenvalue weighted by Gasteiger charge is -2.09. The number of rotatable bonds is 3. The largest absolute Gasteiger partial charge is 0.392 e. The highest BCUT2D eigenvalue weighted by molar-refractivity contribution is 5.69. The molecule has 3 aromatic rings. The normalized spacial score (nSPS) is 10.4. The van der Waals surface area contributed by atoms with Gasteiger partial charge in [-0.25, -0.2) is 0 Å². The molecule has 0 unspecified atom stereocenters. The highest BCUT2D eigenvalue weighted by atomic mass is 16.3. The van der Waals surface area contributed by atoms with Gasteiger partial charge in [0.1, 0.15) is 0 Å². The monoisotopic (exact) mass is 263 g/mol. The maximum Gasteiger partial charge on any atom is 0.0758 e. The highest BCUT2D eigenvalue weighted by Gasteiger charge is 2.08. The van der Waals surface area contributed by atoms with Crippen molar-refractivity contribution in [3.8, 4) is 22.4 Å². The van der Waals surface area contributed by atoms with E-state index in [9.17, 15) is 5.11 Å². The van der Waals surface area contributed by atoms with Crippen molar-refractivity contribution < 1.29 is 5.11 Å². The van der Waals surface area contributed by atoms with E-state index in [0.717, 1.165) is 27.9 Å². The molecule has 4 heteroatoms. The summed E-state index contributed by atoms with van der Waals surface area (Å²) in [5.74, 6) is 0. The Morgan fingerprint density at radius 1 is 0.800 bits per heavy atom. The summed E-state index contributed by atoms with van der Waals surface area (Å²) in [5, 5.41) is 9.58. The molecule has 0 aliphatic rings. The van der Waals surface area contributed by atoms with Crippen molar-refractivity contribution in [3.05, 3.63) is 66.9 Å². The van der Waals surface area contributed by atoms with Gasteiger partial charge in [0.15, 0.2) is 0 Å². The fourth-order valence-corrected chi connectivity index (χ4v) is 2.10. The second-order valence-electron chi connectivity index (χ2n) is 4.36. The molecule has 0 amide bonds. The van der Waals surface area contributed by atoms with Crippen molar-refractivity contribution in [1.29, 1.82) is 0 Å². The van der Waals surface area contributed by atoms with Crippen LogP contribution in [0.2, 0.25) is 0 Å². The van der Waals surface area contributed by atoms with Crippen LogP contribution in [0.1, 0.15) is 5.56 Å². The predicted molar refractivity (Wildman–Crippen MR) is 76.6 cm³/mol. The molecule has 0 aliphatic carbocycles. The zero-order valence-corrected chi connectivity index (χ0v) is 10.8. The summed E-state index contributed by atoms with van der Waals surface area (Å²) < 4.78 is 0. The molecule has 1 N–H and O–H groups in total. The molecule has 98 valence electrons. The lowest BCUT2D eigenvalue weighted by Crippen LogP contribution is -1.95. The molecular formula is C16H13N3O. The summed E-state index contributed by atoms with van der Waals surface area (Å²) in [6, 6.07) is 9.56. The van der Waals surface area contributed by atoms with E-state index in [-0.39, 0.29) is 6.61 Å². The fourth-order valence-electron chi connectivity index (χ4n) is 2.10. The smallest absolute Gasteiger partial charge is 0.0758 e. The van der Waals surface area contributed by atoms with E-state index in [0.29, 0.717) is 0 Å². The molecule has 3 heterocycles. The van der Waals surface area contributed by atoms with E-state index in [1.54, 1.807) is 24.8 Å². The molecule has 0 radical (unpaired) electrons. The first-order valence-electron chi connectivity index (χ1n) is 6.29. The Kier molecular flexibility index (Phi) is 3.48. The summed E-state index contributed by atoms with van der Waals surface area (Å²) in [4.78, 5) is 12.5. The second-order valence-corrected chi connectivity index (χ2v) is 4.36. The van der Waals surface area contributed by atoms with Gasteiger partial charge in [-0.1, -0.05) is 0 Å². The Labute approximate surface area is 116 Å². The summed E-state index contributed by atoms with van der Waals surface area (Å²) in [5.41, 5.74) is 4.53. The van der Waals surface area contributed by atoms with Gasteiger partial charge >= 0.3 is 0 Å². The average Bonchev–Trinajstić information content (AvgIpc) is 2.56. The van der Waals surface area contributed by atoms with Crippen molar-refractivity contribution in [2.24, 2.45) is 0 Å². The van der Waals surface area contributed by atoms with Crippen molar-refractivity contribution in [2.75, 3.05) is 0 Å². The maximum atomic E-state index is 9.58. The predicted octanol–water partition coefficient (Wildman–Crippen LogP) is 2.70. The van der Waals surface area contributed by atoms with Gasteiger partial charge in [-0.3, -0.25) is 15.0 Å². The first-order chi connectivity index (χ1) is 9.88. The van der Waals surface area contributed by atoms with Crippen molar-refractivity contribution in [2.45, 2.75) is 6.61 Å². The van der Waals surface area contributed by atoms with Crippen LogP contribution in [-0.4, -0.2) is 20.1 Å². The number of aromatic nitrogens is 3. The number of aliphatic hydroxyl groups excluding tert-OH is 1. The number of nitrogens with zero attached hydrogens (tertiary/aromatic N) is 3. The van der Waals surface area contributed by atoms with Gasteiger partial charge in [0, 0.05) is 47.7 Å². The van der Waals surface area contributed by atoms with Gasteiger partial charge in [-0.15, -0.1) is 0 Å². The van der Waals surface area contributed by atoms with E-state index in [1.807, 2.05) is 36.5 Å². The summed E-state index contributed by atoms with van der Waals surface area (Å²) in [7, 11) is 0. The molecule has 0 fully saturated rings. The summed E-state index contributed by atoms with van der Waals surface area (Å²) in [6.07, 6.45) is 8.73.